The summed E-state index contributed by atoms with van der Waals surface area (Å²) in [6.45, 7) is 4.06. The first kappa shape index (κ1) is 16.5. The van der Waals surface area contributed by atoms with Gasteiger partial charge in [-0.2, -0.15) is 0 Å². The zero-order chi connectivity index (χ0) is 15.1. The van der Waals surface area contributed by atoms with E-state index < -0.39 is 12.1 Å². The zero-order valence-electron chi connectivity index (χ0n) is 12.2. The van der Waals surface area contributed by atoms with Gasteiger partial charge in [0.1, 0.15) is 18.3 Å². The summed E-state index contributed by atoms with van der Waals surface area (Å²) in [6.07, 6.45) is 2.12. The minimum Gasteiger partial charge on any atom is -0.462 e. The zero-order valence-corrected chi connectivity index (χ0v) is 12.2. The summed E-state index contributed by atoms with van der Waals surface area (Å²) < 4.78 is 15.7. The van der Waals surface area contributed by atoms with E-state index in [0.717, 1.165) is 6.42 Å². The van der Waals surface area contributed by atoms with Gasteiger partial charge in [0.2, 0.25) is 0 Å². The van der Waals surface area contributed by atoms with Crippen molar-refractivity contribution in [2.45, 2.75) is 71.2 Å². The van der Waals surface area contributed by atoms with Crippen LogP contribution in [0, 0.1) is 0 Å². The summed E-state index contributed by atoms with van der Waals surface area (Å²) in [5, 5.41) is 0. The SMILES string of the molecule is CC(=O)OC1CCCC(OC(C)=O)CC(OC(C)=O)C1. The number of ether oxygens (including phenoxy) is 3. The monoisotopic (exact) mass is 286 g/mol. The molecule has 0 bridgehead atoms. The molecule has 1 fully saturated rings. The van der Waals surface area contributed by atoms with Crippen molar-refractivity contribution < 1.29 is 28.6 Å². The average molecular weight is 286 g/mol. The summed E-state index contributed by atoms with van der Waals surface area (Å²) in [6, 6.07) is 0. The van der Waals surface area contributed by atoms with E-state index in [1.54, 1.807) is 0 Å². The van der Waals surface area contributed by atoms with E-state index in [9.17, 15) is 14.4 Å². The van der Waals surface area contributed by atoms with E-state index in [-0.39, 0.29) is 24.1 Å². The lowest BCUT2D eigenvalue weighted by atomic mass is 9.94. The van der Waals surface area contributed by atoms with Crippen LogP contribution in [0.5, 0.6) is 0 Å². The summed E-state index contributed by atoms with van der Waals surface area (Å²) in [5.74, 6) is -1.07. The van der Waals surface area contributed by atoms with E-state index in [1.807, 2.05) is 0 Å². The molecule has 0 N–H and O–H groups in total. The maximum atomic E-state index is 11.1. The largest absolute Gasteiger partial charge is 0.462 e. The molecule has 6 nitrogen and oxygen atoms in total. The van der Waals surface area contributed by atoms with Crippen LogP contribution in [0.2, 0.25) is 0 Å². The molecule has 1 aliphatic rings. The topological polar surface area (TPSA) is 78.9 Å². The van der Waals surface area contributed by atoms with Gasteiger partial charge in [-0.3, -0.25) is 14.4 Å². The molecule has 0 saturated heterocycles. The lowest BCUT2D eigenvalue weighted by Crippen LogP contribution is -2.33. The minimum absolute atomic E-state index is 0.255. The van der Waals surface area contributed by atoms with Crippen LogP contribution in [-0.4, -0.2) is 36.2 Å². The summed E-state index contributed by atoms with van der Waals surface area (Å²) in [4.78, 5) is 33.2. The Morgan fingerprint density at radius 1 is 0.700 bits per heavy atom. The molecule has 0 aromatic carbocycles. The second kappa shape index (κ2) is 7.87. The fourth-order valence-electron chi connectivity index (χ4n) is 2.51. The third-order valence-corrected chi connectivity index (χ3v) is 3.10. The molecule has 1 saturated carbocycles. The van der Waals surface area contributed by atoms with E-state index in [2.05, 4.69) is 0 Å². The molecule has 1 aliphatic carbocycles. The van der Waals surface area contributed by atoms with Crippen LogP contribution in [0.1, 0.15) is 52.9 Å². The van der Waals surface area contributed by atoms with Crippen LogP contribution >= 0.6 is 0 Å². The van der Waals surface area contributed by atoms with Crippen molar-refractivity contribution in [3.63, 3.8) is 0 Å². The first-order valence-electron chi connectivity index (χ1n) is 6.88. The van der Waals surface area contributed by atoms with Crippen molar-refractivity contribution in [1.82, 2.24) is 0 Å². The quantitative estimate of drug-likeness (QED) is 0.581. The molecule has 20 heavy (non-hydrogen) atoms. The van der Waals surface area contributed by atoms with Crippen LogP contribution in [0.15, 0.2) is 0 Å². The molecule has 0 aromatic heterocycles. The molecule has 0 amide bonds. The molecule has 2 unspecified atom stereocenters. The maximum absolute atomic E-state index is 11.1. The first-order chi connectivity index (χ1) is 9.36. The number of hydrogen-bond acceptors (Lipinski definition) is 6. The molecule has 114 valence electrons. The minimum atomic E-state index is -0.401. The normalized spacial score (nSPS) is 26.9. The maximum Gasteiger partial charge on any atom is 0.302 e. The Balaban J connectivity index is 2.67. The Morgan fingerprint density at radius 3 is 1.40 bits per heavy atom. The average Bonchev–Trinajstić information content (AvgIpc) is 2.23. The molecular formula is C14H22O6. The van der Waals surface area contributed by atoms with Crippen molar-refractivity contribution in [1.29, 1.82) is 0 Å². The standard InChI is InChI=1S/C14H22O6/c1-9(15)18-12-5-4-6-13(19-10(2)16)8-14(7-12)20-11(3)17/h12-14H,4-8H2,1-3H3. The number of hydrogen-bond donors (Lipinski definition) is 0. The molecule has 6 heteroatoms. The first-order valence-corrected chi connectivity index (χ1v) is 6.88. The van der Waals surface area contributed by atoms with Crippen LogP contribution in [-0.2, 0) is 28.6 Å². The Kier molecular flexibility index (Phi) is 6.48. The number of carbonyl (C=O) groups is 3. The fraction of sp³-hybridized carbons (Fsp3) is 0.786. The molecule has 0 aliphatic heterocycles. The summed E-state index contributed by atoms with van der Waals surface area (Å²) in [5.41, 5.74) is 0. The fourth-order valence-corrected chi connectivity index (χ4v) is 2.51. The number of rotatable bonds is 3. The van der Waals surface area contributed by atoms with E-state index >= 15 is 0 Å². The van der Waals surface area contributed by atoms with E-state index in [0.29, 0.717) is 25.7 Å². The smallest absolute Gasteiger partial charge is 0.302 e. The summed E-state index contributed by atoms with van der Waals surface area (Å²) >= 11 is 0. The van der Waals surface area contributed by atoms with Crippen LogP contribution < -0.4 is 0 Å². The Morgan fingerprint density at radius 2 is 1.05 bits per heavy atom. The van der Waals surface area contributed by atoms with Crippen molar-refractivity contribution >= 4 is 17.9 Å². The van der Waals surface area contributed by atoms with E-state index in [1.165, 1.54) is 20.8 Å². The van der Waals surface area contributed by atoms with Crippen LogP contribution in [0.4, 0.5) is 0 Å². The molecule has 2 atom stereocenters. The van der Waals surface area contributed by atoms with Gasteiger partial charge < -0.3 is 14.2 Å². The third kappa shape index (κ3) is 6.54. The van der Waals surface area contributed by atoms with E-state index in [4.69, 9.17) is 14.2 Å². The van der Waals surface area contributed by atoms with Crippen molar-refractivity contribution in [3.05, 3.63) is 0 Å². The molecule has 0 radical (unpaired) electrons. The second-order valence-corrected chi connectivity index (χ2v) is 5.10. The van der Waals surface area contributed by atoms with Gasteiger partial charge in [0.25, 0.3) is 0 Å². The van der Waals surface area contributed by atoms with Crippen LogP contribution in [0.25, 0.3) is 0 Å². The lowest BCUT2D eigenvalue weighted by Gasteiger charge is -2.29. The molecule has 0 aromatic rings. The molecular weight excluding hydrogens is 264 g/mol. The van der Waals surface area contributed by atoms with Gasteiger partial charge in [0.05, 0.1) is 0 Å². The highest BCUT2D eigenvalue weighted by molar-refractivity contribution is 5.67. The van der Waals surface area contributed by atoms with Gasteiger partial charge in [0.15, 0.2) is 0 Å². The highest BCUT2D eigenvalue weighted by atomic mass is 16.6. The number of carbonyl (C=O) groups excluding carboxylic acids is 3. The van der Waals surface area contributed by atoms with Crippen LogP contribution in [0.3, 0.4) is 0 Å². The lowest BCUT2D eigenvalue weighted by molar-refractivity contribution is -0.158. The predicted octanol–water partition coefficient (Wildman–Crippen LogP) is 1.75. The third-order valence-electron chi connectivity index (χ3n) is 3.10. The summed E-state index contributed by atoms with van der Waals surface area (Å²) in [7, 11) is 0. The Labute approximate surface area is 118 Å². The van der Waals surface area contributed by atoms with Gasteiger partial charge in [0, 0.05) is 33.6 Å². The van der Waals surface area contributed by atoms with Crippen molar-refractivity contribution in [2.24, 2.45) is 0 Å². The predicted molar refractivity (Wildman–Crippen MR) is 69.7 cm³/mol. The number of esters is 3. The Bertz CT molecular complexity index is 339. The molecule has 0 spiro atoms. The van der Waals surface area contributed by atoms with Gasteiger partial charge in [-0.05, 0) is 19.3 Å². The highest BCUT2D eigenvalue weighted by Crippen LogP contribution is 2.24. The van der Waals surface area contributed by atoms with Gasteiger partial charge in [-0.25, -0.2) is 0 Å². The molecule has 1 rings (SSSR count). The Hall–Kier alpha value is -1.59. The van der Waals surface area contributed by atoms with Gasteiger partial charge in [-0.1, -0.05) is 0 Å². The highest BCUT2D eigenvalue weighted by Gasteiger charge is 2.28. The van der Waals surface area contributed by atoms with Crippen molar-refractivity contribution in [3.8, 4) is 0 Å². The van der Waals surface area contributed by atoms with Gasteiger partial charge >= 0.3 is 17.9 Å². The molecule has 0 heterocycles. The second-order valence-electron chi connectivity index (χ2n) is 5.10. The van der Waals surface area contributed by atoms with Crippen molar-refractivity contribution in [2.75, 3.05) is 0 Å². The van der Waals surface area contributed by atoms with Gasteiger partial charge in [-0.15, -0.1) is 0 Å².